The van der Waals surface area contributed by atoms with E-state index in [4.69, 9.17) is 21.1 Å². The van der Waals surface area contributed by atoms with Crippen LogP contribution in [0.1, 0.15) is 0 Å². The predicted molar refractivity (Wildman–Crippen MR) is 130 cm³/mol. The van der Waals surface area contributed by atoms with Crippen molar-refractivity contribution in [3.05, 3.63) is 54.0 Å². The molecule has 0 saturated heterocycles. The van der Waals surface area contributed by atoms with Crippen molar-refractivity contribution in [2.75, 3.05) is 45.1 Å². The molecule has 0 bridgehead atoms. The predicted octanol–water partition coefficient (Wildman–Crippen LogP) is 4.96. The summed E-state index contributed by atoms with van der Waals surface area (Å²) >= 11 is 6.16. The number of rotatable bonds is 10. The molecule has 2 N–H and O–H groups in total. The van der Waals surface area contributed by atoms with Crippen LogP contribution in [0.3, 0.4) is 0 Å². The highest BCUT2D eigenvalue weighted by molar-refractivity contribution is 6.33. The van der Waals surface area contributed by atoms with Gasteiger partial charge in [0.1, 0.15) is 30.3 Å². The Morgan fingerprint density at radius 2 is 1.92 bits per heavy atom. The minimum absolute atomic E-state index is 0.0228. The van der Waals surface area contributed by atoms with E-state index in [-0.39, 0.29) is 17.3 Å². The Morgan fingerprint density at radius 3 is 2.58 bits per heavy atom. The average Bonchev–Trinajstić information content (AvgIpc) is 2.79. The van der Waals surface area contributed by atoms with E-state index in [1.807, 2.05) is 0 Å². The maximum Gasteiger partial charge on any atom is 0.573 e. The molecule has 0 unspecified atom stereocenters. The number of halogens is 4. The van der Waals surface area contributed by atoms with Gasteiger partial charge in [-0.2, -0.15) is 0 Å². The van der Waals surface area contributed by atoms with Crippen molar-refractivity contribution >= 4 is 45.6 Å². The second kappa shape index (κ2) is 11.8. The number of hydrogen-bond acceptors (Lipinski definition) is 8. The van der Waals surface area contributed by atoms with Crippen LogP contribution in [-0.2, 0) is 9.53 Å². The molecular weight excluding hydrogens is 503 g/mol. The molecule has 0 fully saturated rings. The Balaban J connectivity index is 1.96. The Bertz CT molecular complexity index is 1250. The fourth-order valence-corrected chi connectivity index (χ4v) is 3.17. The summed E-state index contributed by atoms with van der Waals surface area (Å²) in [7, 11) is 5.10. The summed E-state index contributed by atoms with van der Waals surface area (Å²) < 4.78 is 52.1. The summed E-state index contributed by atoms with van der Waals surface area (Å²) in [5.41, 5.74) is 1.12. The van der Waals surface area contributed by atoms with Crippen LogP contribution in [0.4, 0.5) is 30.4 Å². The summed E-state index contributed by atoms with van der Waals surface area (Å²) in [6.07, 6.45) is -0.594. The van der Waals surface area contributed by atoms with Gasteiger partial charge in [0, 0.05) is 51.0 Å². The lowest BCUT2D eigenvalue weighted by Crippen LogP contribution is -2.17. The fraction of sp³-hybridized carbons (Fsp3) is 0.261. The Kier molecular flexibility index (Phi) is 8.78. The number of carbonyl (C=O) groups is 1. The molecule has 0 aliphatic heterocycles. The first-order valence-electron chi connectivity index (χ1n) is 10.4. The van der Waals surface area contributed by atoms with Crippen molar-refractivity contribution in [2.45, 2.75) is 6.36 Å². The highest BCUT2D eigenvalue weighted by atomic mass is 35.5. The highest BCUT2D eigenvalue weighted by Gasteiger charge is 2.31. The minimum Gasteiger partial charge on any atom is -0.489 e. The molecular formula is C23H23ClF3N5O4. The molecule has 1 amide bonds. The monoisotopic (exact) mass is 525 g/mol. The number of hydrogen-bond donors (Lipinski definition) is 2. The molecule has 0 spiro atoms. The van der Waals surface area contributed by atoms with Gasteiger partial charge in [-0.25, -0.2) is 9.97 Å². The third-order valence-corrected chi connectivity index (χ3v) is 4.80. The summed E-state index contributed by atoms with van der Waals surface area (Å²) in [6.45, 7) is 0.561. The Morgan fingerprint density at radius 1 is 1.14 bits per heavy atom. The van der Waals surface area contributed by atoms with Crippen molar-refractivity contribution in [3.8, 4) is 11.5 Å². The standard InChI is InChI=1S/C23H23ClF3N5O4/c1-32(2)7-6-21(33)30-19-11-15-18(12-20(19)35-9-8-34-3)28-13-29-22(15)31-17-5-4-14(10-16(17)24)36-23(25,26)27/h4-7,10-13H,8-9H2,1-3H3,(H,30,33)(H,28,29,31)/b7-6+. The molecule has 2 aromatic carbocycles. The number of anilines is 3. The van der Waals surface area contributed by atoms with E-state index in [0.29, 0.717) is 34.8 Å². The first-order valence-corrected chi connectivity index (χ1v) is 10.8. The van der Waals surface area contributed by atoms with Crippen molar-refractivity contribution in [1.82, 2.24) is 14.9 Å². The number of amides is 1. The first-order chi connectivity index (χ1) is 17.1. The van der Waals surface area contributed by atoms with E-state index in [9.17, 15) is 18.0 Å². The molecule has 1 heterocycles. The molecule has 36 heavy (non-hydrogen) atoms. The zero-order valence-electron chi connectivity index (χ0n) is 19.5. The Hall–Kier alpha value is -3.77. The lowest BCUT2D eigenvalue weighted by molar-refractivity contribution is -0.274. The van der Waals surface area contributed by atoms with Crippen LogP contribution in [0.5, 0.6) is 11.5 Å². The second-order valence-electron chi connectivity index (χ2n) is 7.51. The maximum absolute atomic E-state index is 12.5. The van der Waals surface area contributed by atoms with Gasteiger partial charge in [-0.05, 0) is 18.2 Å². The largest absolute Gasteiger partial charge is 0.573 e. The Labute approximate surface area is 209 Å². The van der Waals surface area contributed by atoms with Gasteiger partial charge < -0.3 is 29.7 Å². The fourth-order valence-electron chi connectivity index (χ4n) is 2.95. The maximum atomic E-state index is 12.5. The summed E-state index contributed by atoms with van der Waals surface area (Å²) in [6, 6.07) is 6.73. The molecule has 0 aliphatic carbocycles. The molecule has 192 valence electrons. The van der Waals surface area contributed by atoms with Crippen LogP contribution in [-0.4, -0.2) is 61.6 Å². The molecule has 0 saturated carbocycles. The van der Waals surface area contributed by atoms with Crippen molar-refractivity contribution in [2.24, 2.45) is 0 Å². The van der Waals surface area contributed by atoms with Crippen LogP contribution >= 0.6 is 11.6 Å². The van der Waals surface area contributed by atoms with Crippen LogP contribution < -0.4 is 20.1 Å². The van der Waals surface area contributed by atoms with Gasteiger partial charge >= 0.3 is 6.36 Å². The third-order valence-electron chi connectivity index (χ3n) is 4.49. The number of carbonyl (C=O) groups excluding carboxylic acids is 1. The van der Waals surface area contributed by atoms with E-state index >= 15 is 0 Å². The number of benzene rings is 2. The molecule has 3 rings (SSSR count). The lowest BCUT2D eigenvalue weighted by atomic mass is 10.1. The van der Waals surface area contributed by atoms with Gasteiger partial charge in [0.2, 0.25) is 5.91 Å². The zero-order chi connectivity index (χ0) is 26.3. The number of nitrogens with one attached hydrogen (secondary N) is 2. The molecule has 1 aromatic heterocycles. The number of alkyl halides is 3. The highest BCUT2D eigenvalue weighted by Crippen LogP contribution is 2.36. The smallest absolute Gasteiger partial charge is 0.489 e. The minimum atomic E-state index is -4.84. The van der Waals surface area contributed by atoms with E-state index in [2.05, 4.69) is 25.3 Å². The number of ether oxygens (including phenoxy) is 3. The van der Waals surface area contributed by atoms with E-state index in [1.54, 1.807) is 37.3 Å². The number of methoxy groups -OCH3 is 1. The summed E-state index contributed by atoms with van der Waals surface area (Å²) in [5, 5.41) is 6.22. The van der Waals surface area contributed by atoms with Gasteiger partial charge in [-0.15, -0.1) is 13.2 Å². The second-order valence-corrected chi connectivity index (χ2v) is 7.92. The molecule has 13 heteroatoms. The van der Waals surface area contributed by atoms with Crippen molar-refractivity contribution in [1.29, 1.82) is 0 Å². The van der Waals surface area contributed by atoms with E-state index in [0.717, 1.165) is 12.1 Å². The molecule has 0 radical (unpaired) electrons. The number of nitrogens with zero attached hydrogens (tertiary/aromatic N) is 3. The van der Waals surface area contributed by atoms with Crippen LogP contribution in [0.25, 0.3) is 10.9 Å². The quantitative estimate of drug-likeness (QED) is 0.283. The average molecular weight is 526 g/mol. The third kappa shape index (κ3) is 7.62. The number of aromatic nitrogens is 2. The van der Waals surface area contributed by atoms with Crippen molar-refractivity contribution < 1.29 is 32.2 Å². The van der Waals surface area contributed by atoms with Gasteiger partial charge in [0.25, 0.3) is 0 Å². The van der Waals surface area contributed by atoms with Gasteiger partial charge in [0.05, 0.1) is 28.5 Å². The zero-order valence-corrected chi connectivity index (χ0v) is 20.3. The van der Waals surface area contributed by atoms with E-state index < -0.39 is 18.0 Å². The van der Waals surface area contributed by atoms with Crippen LogP contribution in [0, 0.1) is 0 Å². The van der Waals surface area contributed by atoms with Gasteiger partial charge in [0.15, 0.2) is 0 Å². The lowest BCUT2D eigenvalue weighted by Gasteiger charge is -2.16. The van der Waals surface area contributed by atoms with Gasteiger partial charge in [-0.3, -0.25) is 4.79 Å². The first kappa shape index (κ1) is 26.8. The topological polar surface area (TPSA) is 97.8 Å². The normalized spacial score (nSPS) is 11.5. The molecule has 0 atom stereocenters. The van der Waals surface area contributed by atoms with Gasteiger partial charge in [-0.1, -0.05) is 11.6 Å². The SMILES string of the molecule is COCCOc1cc2ncnc(Nc3ccc(OC(F)(F)F)cc3Cl)c2cc1NC(=O)/C=C/N(C)C. The molecule has 3 aromatic rings. The molecule has 0 aliphatic rings. The van der Waals surface area contributed by atoms with Crippen LogP contribution in [0.2, 0.25) is 5.02 Å². The van der Waals surface area contributed by atoms with Crippen LogP contribution in [0.15, 0.2) is 48.9 Å². The molecule has 9 nitrogen and oxygen atoms in total. The van der Waals surface area contributed by atoms with E-state index in [1.165, 1.54) is 25.6 Å². The van der Waals surface area contributed by atoms with Crippen molar-refractivity contribution in [3.63, 3.8) is 0 Å². The number of fused-ring (bicyclic) bond motifs is 1. The summed E-state index contributed by atoms with van der Waals surface area (Å²) in [4.78, 5) is 22.6. The summed E-state index contributed by atoms with van der Waals surface area (Å²) in [5.74, 6) is -0.190.